The molecule has 2 N–H and O–H groups in total. The number of amides is 1. The molecule has 1 spiro atoms. The average molecular weight is 482 g/mol. The van der Waals surface area contributed by atoms with Crippen molar-refractivity contribution in [2.24, 2.45) is 44.3 Å². The van der Waals surface area contributed by atoms with Crippen molar-refractivity contribution >= 4 is 24.0 Å². The van der Waals surface area contributed by atoms with Crippen LogP contribution in [0.25, 0.3) is 0 Å². The second kappa shape index (κ2) is 10.6. The molecular weight excluding hydrogens is 446 g/mol. The number of likely N-dealkylation sites (tertiary alicyclic amines) is 1. The molecule has 0 radical (unpaired) electrons. The van der Waals surface area contributed by atoms with Crippen LogP contribution >= 0.6 is 0 Å². The monoisotopic (exact) mass is 481 g/mol. The minimum absolute atomic E-state index is 0.196. The Morgan fingerprint density at radius 1 is 1.23 bits per heavy atom. The zero-order valence-electron chi connectivity index (χ0n) is 20.8. The summed E-state index contributed by atoms with van der Waals surface area (Å²) in [6.07, 6.45) is 11.4. The maximum absolute atomic E-state index is 13.4. The molecule has 3 heterocycles. The Kier molecular flexibility index (Phi) is 7.57. The third kappa shape index (κ3) is 5.26. The van der Waals surface area contributed by atoms with Crippen LogP contribution in [0.4, 0.5) is 5.82 Å². The van der Waals surface area contributed by atoms with Crippen LogP contribution in [0.5, 0.6) is 0 Å². The molecule has 188 valence electrons. The quantitative estimate of drug-likeness (QED) is 0.149. The minimum Gasteiger partial charge on any atom is -0.456 e. The molecule has 2 atom stereocenters. The topological polar surface area (TPSA) is 135 Å². The summed E-state index contributed by atoms with van der Waals surface area (Å²) in [5, 5.41) is 6.58. The van der Waals surface area contributed by atoms with Crippen molar-refractivity contribution in [1.29, 1.82) is 0 Å². The Morgan fingerprint density at radius 2 is 2.00 bits per heavy atom. The van der Waals surface area contributed by atoms with Gasteiger partial charge in [0.1, 0.15) is 12.9 Å². The van der Waals surface area contributed by atoms with E-state index in [0.29, 0.717) is 35.7 Å². The van der Waals surface area contributed by atoms with Gasteiger partial charge in [0.2, 0.25) is 5.91 Å². The van der Waals surface area contributed by atoms with Gasteiger partial charge in [-0.2, -0.15) is 0 Å². The van der Waals surface area contributed by atoms with E-state index in [1.807, 2.05) is 4.90 Å². The van der Waals surface area contributed by atoms with Crippen molar-refractivity contribution < 1.29 is 14.3 Å². The summed E-state index contributed by atoms with van der Waals surface area (Å²) in [7, 11) is 0. The first-order valence-corrected chi connectivity index (χ1v) is 12.5. The van der Waals surface area contributed by atoms with E-state index < -0.39 is 0 Å². The molecule has 3 aliphatic rings. The van der Waals surface area contributed by atoms with Crippen molar-refractivity contribution in [3.8, 4) is 0 Å². The first-order valence-electron chi connectivity index (χ1n) is 12.5. The van der Waals surface area contributed by atoms with Crippen molar-refractivity contribution in [2.45, 2.75) is 65.7 Å². The largest absolute Gasteiger partial charge is 0.456 e. The molecule has 35 heavy (non-hydrogen) atoms. The van der Waals surface area contributed by atoms with Gasteiger partial charge in [-0.1, -0.05) is 19.1 Å². The molecular formula is C25H35N7O3. The summed E-state index contributed by atoms with van der Waals surface area (Å²) >= 11 is 0. The predicted octanol–water partition coefficient (Wildman–Crippen LogP) is 3.91. The second-order valence-electron chi connectivity index (χ2n) is 10.2. The zero-order chi connectivity index (χ0) is 25.0. The lowest BCUT2D eigenvalue weighted by atomic mass is 9.65. The Hall–Kier alpha value is -3.17. The molecule has 2 fully saturated rings. The lowest BCUT2D eigenvalue weighted by Gasteiger charge is -2.39. The summed E-state index contributed by atoms with van der Waals surface area (Å²) in [5.41, 5.74) is 2.03. The second-order valence-corrected chi connectivity index (χ2v) is 10.2. The average Bonchev–Trinajstić information content (AvgIpc) is 3.36. The Bertz CT molecular complexity index is 1030. The van der Waals surface area contributed by atoms with Gasteiger partial charge in [-0.25, -0.2) is 14.8 Å². The normalized spacial score (nSPS) is 26.9. The van der Waals surface area contributed by atoms with E-state index in [-0.39, 0.29) is 23.9 Å². The van der Waals surface area contributed by atoms with Crippen LogP contribution < -0.4 is 5.84 Å². The summed E-state index contributed by atoms with van der Waals surface area (Å²) in [5.74, 6) is 7.04. The molecule has 10 heteroatoms. The number of cyclic esters (lactones) is 1. The van der Waals surface area contributed by atoms with E-state index >= 15 is 0 Å². The van der Waals surface area contributed by atoms with E-state index in [0.717, 1.165) is 56.3 Å². The van der Waals surface area contributed by atoms with E-state index in [4.69, 9.17) is 10.6 Å². The molecule has 1 aromatic heterocycles. The fourth-order valence-corrected chi connectivity index (χ4v) is 5.77. The molecule has 0 aromatic carbocycles. The van der Waals surface area contributed by atoms with Gasteiger partial charge in [0.05, 0.1) is 34.8 Å². The Labute approximate surface area is 206 Å². The number of nitrogens with zero attached hydrogens (tertiary/aromatic N) is 6. The van der Waals surface area contributed by atoms with Crippen LogP contribution in [0, 0.1) is 23.2 Å². The number of aromatic nitrogens is 2. The van der Waals surface area contributed by atoms with Gasteiger partial charge in [0.25, 0.3) is 0 Å². The van der Waals surface area contributed by atoms with Crippen molar-refractivity contribution in [1.82, 2.24) is 14.9 Å². The SMILES string of the molecule is CC1=C(N2CCC3(CCC(C(C)C(C)CCc4cnc(N=CN=NN)cn4)CC3)C2=O)COC1=O. The molecule has 1 saturated carbocycles. The number of ether oxygens (including phenoxy) is 1. The molecule has 1 aliphatic carbocycles. The highest BCUT2D eigenvalue weighted by atomic mass is 16.5. The van der Waals surface area contributed by atoms with Gasteiger partial charge in [-0.3, -0.25) is 9.78 Å². The molecule has 1 saturated heterocycles. The van der Waals surface area contributed by atoms with Gasteiger partial charge in [-0.05, 0) is 69.6 Å². The molecule has 1 amide bonds. The number of esters is 1. The summed E-state index contributed by atoms with van der Waals surface area (Å²) in [6, 6.07) is 0. The van der Waals surface area contributed by atoms with Gasteiger partial charge in [0, 0.05) is 6.54 Å². The van der Waals surface area contributed by atoms with Gasteiger partial charge >= 0.3 is 5.97 Å². The molecule has 10 nitrogen and oxygen atoms in total. The van der Waals surface area contributed by atoms with Crippen molar-refractivity contribution in [3.63, 3.8) is 0 Å². The van der Waals surface area contributed by atoms with Crippen LogP contribution in [0.3, 0.4) is 0 Å². The molecule has 4 rings (SSSR count). The number of carbonyl (C=O) groups is 2. The number of aryl methyl sites for hydroxylation is 1. The predicted molar refractivity (Wildman–Crippen MR) is 130 cm³/mol. The molecule has 0 bridgehead atoms. The summed E-state index contributed by atoms with van der Waals surface area (Å²) in [4.78, 5) is 39.7. The maximum Gasteiger partial charge on any atom is 0.336 e. The first-order chi connectivity index (χ1) is 16.8. The lowest BCUT2D eigenvalue weighted by molar-refractivity contribution is -0.138. The van der Waals surface area contributed by atoms with E-state index in [1.54, 1.807) is 19.3 Å². The van der Waals surface area contributed by atoms with Crippen molar-refractivity contribution in [3.05, 3.63) is 29.4 Å². The van der Waals surface area contributed by atoms with Gasteiger partial charge < -0.3 is 15.5 Å². The van der Waals surface area contributed by atoms with Gasteiger partial charge in [0.15, 0.2) is 5.82 Å². The van der Waals surface area contributed by atoms with Crippen LogP contribution in [0.15, 0.2) is 39.0 Å². The van der Waals surface area contributed by atoms with Gasteiger partial charge in [-0.15, -0.1) is 5.11 Å². The maximum atomic E-state index is 13.4. The van der Waals surface area contributed by atoms with E-state index in [1.165, 1.54) is 6.34 Å². The minimum atomic E-state index is -0.300. The summed E-state index contributed by atoms with van der Waals surface area (Å²) in [6.45, 7) is 7.34. The first kappa shape index (κ1) is 24.9. The highest BCUT2D eigenvalue weighted by molar-refractivity contribution is 5.94. The van der Waals surface area contributed by atoms with Crippen LogP contribution in [0.1, 0.15) is 65.0 Å². The van der Waals surface area contributed by atoms with Crippen molar-refractivity contribution in [2.75, 3.05) is 13.2 Å². The highest BCUT2D eigenvalue weighted by Crippen LogP contribution is 2.50. The molecule has 1 aromatic rings. The zero-order valence-corrected chi connectivity index (χ0v) is 20.8. The van der Waals surface area contributed by atoms with E-state index in [9.17, 15) is 9.59 Å². The molecule has 2 aliphatic heterocycles. The molecule has 2 unspecified atom stereocenters. The van der Waals surface area contributed by atoms with Crippen LogP contribution in [-0.2, 0) is 20.7 Å². The standard InChI is InChI=1S/C25H35N7O3/c1-16(4-5-20-12-28-22(13-27-20)29-15-30-31-26)17(2)19-6-8-25(9-7-19)10-11-32(24(25)34)21-14-35-23(33)18(21)3/h12-13,15-17,19H,4-11,14H2,1-3H3,(H2,26,28,29,30). The fraction of sp³-hybridized carbons (Fsp3) is 0.640. The van der Waals surface area contributed by atoms with Crippen LogP contribution in [0.2, 0.25) is 0 Å². The Morgan fingerprint density at radius 3 is 2.63 bits per heavy atom. The fourth-order valence-electron chi connectivity index (χ4n) is 5.77. The van der Waals surface area contributed by atoms with Crippen LogP contribution in [-0.4, -0.2) is 46.2 Å². The number of hydrogen-bond acceptors (Lipinski definition) is 7. The number of hydrogen-bond donors (Lipinski definition) is 1. The van der Waals surface area contributed by atoms with E-state index in [2.05, 4.69) is 39.1 Å². The third-order valence-corrected chi connectivity index (χ3v) is 8.40. The third-order valence-electron chi connectivity index (χ3n) is 8.40. The smallest absolute Gasteiger partial charge is 0.336 e. The number of nitrogens with two attached hydrogens (primary N) is 1. The summed E-state index contributed by atoms with van der Waals surface area (Å²) < 4.78 is 5.14. The lowest BCUT2D eigenvalue weighted by Crippen LogP contribution is -2.39. The number of carbonyl (C=O) groups excluding carboxylic acids is 2. The number of rotatable bonds is 8. The Balaban J connectivity index is 1.27. The highest BCUT2D eigenvalue weighted by Gasteiger charge is 2.50. The number of aliphatic imine (C=N–C) groups is 1.